The lowest BCUT2D eigenvalue weighted by molar-refractivity contribution is 0.593. The Morgan fingerprint density at radius 1 is 1.43 bits per heavy atom. The fraction of sp³-hybridized carbons (Fsp3) is 0.727. The maximum Gasteiger partial charge on any atom is 0.0709 e. The van der Waals surface area contributed by atoms with Gasteiger partial charge in [-0.3, -0.25) is 5.10 Å². The fourth-order valence-corrected chi connectivity index (χ4v) is 2.80. The van der Waals surface area contributed by atoms with E-state index in [-0.39, 0.29) is 5.41 Å². The van der Waals surface area contributed by atoms with Crippen LogP contribution in [0.1, 0.15) is 43.1 Å². The van der Waals surface area contributed by atoms with Crippen LogP contribution >= 0.6 is 0 Å². The summed E-state index contributed by atoms with van der Waals surface area (Å²) in [6.07, 6.45) is 3.64. The first kappa shape index (κ1) is 8.48. The number of hydrogen-bond acceptors (Lipinski definition) is 2. The van der Waals surface area contributed by atoms with Gasteiger partial charge in [-0.05, 0) is 30.2 Å². The van der Waals surface area contributed by atoms with Crippen LogP contribution in [0.15, 0.2) is 0 Å². The van der Waals surface area contributed by atoms with Gasteiger partial charge in [0.25, 0.3) is 0 Å². The van der Waals surface area contributed by atoms with Gasteiger partial charge in [0.05, 0.1) is 5.69 Å². The van der Waals surface area contributed by atoms with E-state index in [0.29, 0.717) is 12.0 Å². The second-order valence-electron chi connectivity index (χ2n) is 5.24. The predicted molar refractivity (Wildman–Crippen MR) is 55.1 cm³/mol. The normalized spacial score (nSPS) is 33.1. The largest absolute Gasteiger partial charge is 0.327 e. The molecule has 0 radical (unpaired) electrons. The zero-order chi connectivity index (χ0) is 9.92. The average Bonchev–Trinajstić information content (AvgIpc) is 2.60. The molecule has 1 aromatic rings. The highest BCUT2D eigenvalue weighted by molar-refractivity contribution is 5.39. The molecule has 2 unspecified atom stereocenters. The van der Waals surface area contributed by atoms with Crippen molar-refractivity contribution in [3.8, 4) is 0 Å². The Morgan fingerprint density at radius 2 is 2.14 bits per heavy atom. The SMILES string of the molecule is CC1(C)C(N)C1c1n[nH]c2c1CCC2. The molecule has 0 bridgehead atoms. The maximum atomic E-state index is 6.08. The Kier molecular flexibility index (Phi) is 1.45. The van der Waals surface area contributed by atoms with Crippen molar-refractivity contribution in [1.29, 1.82) is 0 Å². The van der Waals surface area contributed by atoms with Gasteiger partial charge in [-0.25, -0.2) is 0 Å². The third-order valence-corrected chi connectivity index (χ3v) is 4.04. The Bertz CT molecular complexity index is 378. The zero-order valence-corrected chi connectivity index (χ0v) is 8.80. The van der Waals surface area contributed by atoms with Crippen LogP contribution in [0, 0.1) is 5.41 Å². The standard InChI is InChI=1S/C11H17N3/c1-11(2)8(10(11)12)9-6-4-3-5-7(6)13-14-9/h8,10H,3-5,12H2,1-2H3,(H,13,14). The van der Waals surface area contributed by atoms with Gasteiger partial charge in [0.15, 0.2) is 0 Å². The lowest BCUT2D eigenvalue weighted by Gasteiger charge is -2.00. The van der Waals surface area contributed by atoms with Gasteiger partial charge in [-0.2, -0.15) is 5.10 Å². The zero-order valence-electron chi connectivity index (χ0n) is 8.80. The molecule has 1 fully saturated rings. The van der Waals surface area contributed by atoms with Gasteiger partial charge in [-0.15, -0.1) is 0 Å². The van der Waals surface area contributed by atoms with Crippen molar-refractivity contribution in [3.63, 3.8) is 0 Å². The molecular weight excluding hydrogens is 174 g/mol. The van der Waals surface area contributed by atoms with Crippen LogP contribution in [-0.2, 0) is 12.8 Å². The second-order valence-corrected chi connectivity index (χ2v) is 5.24. The highest BCUT2D eigenvalue weighted by Crippen LogP contribution is 2.58. The van der Waals surface area contributed by atoms with E-state index >= 15 is 0 Å². The van der Waals surface area contributed by atoms with Crippen LogP contribution in [-0.4, -0.2) is 16.2 Å². The van der Waals surface area contributed by atoms with E-state index in [2.05, 4.69) is 24.0 Å². The Balaban J connectivity index is 1.99. The van der Waals surface area contributed by atoms with E-state index in [1.165, 1.54) is 36.2 Å². The summed E-state index contributed by atoms with van der Waals surface area (Å²) in [6, 6.07) is 0.301. The average molecular weight is 191 g/mol. The molecule has 2 aliphatic rings. The van der Waals surface area contributed by atoms with Crippen LogP contribution in [0.5, 0.6) is 0 Å². The number of fused-ring (bicyclic) bond motifs is 1. The summed E-state index contributed by atoms with van der Waals surface area (Å²) in [6.45, 7) is 4.47. The molecule has 0 saturated heterocycles. The molecule has 3 heteroatoms. The van der Waals surface area contributed by atoms with Gasteiger partial charge in [0.2, 0.25) is 0 Å². The van der Waals surface area contributed by atoms with Crippen molar-refractivity contribution < 1.29 is 0 Å². The molecule has 0 spiro atoms. The Labute approximate surface area is 84.1 Å². The smallest absolute Gasteiger partial charge is 0.0709 e. The van der Waals surface area contributed by atoms with Gasteiger partial charge in [0.1, 0.15) is 0 Å². The van der Waals surface area contributed by atoms with Crippen molar-refractivity contribution in [2.45, 2.75) is 45.1 Å². The van der Waals surface area contributed by atoms with E-state index in [9.17, 15) is 0 Å². The van der Waals surface area contributed by atoms with E-state index in [1.807, 2.05) is 0 Å². The number of aryl methyl sites for hydroxylation is 1. The molecule has 0 aliphatic heterocycles. The molecule has 3 N–H and O–H groups in total. The first-order valence-corrected chi connectivity index (χ1v) is 5.44. The molecule has 76 valence electrons. The summed E-state index contributed by atoms with van der Waals surface area (Å²) in [5.41, 5.74) is 10.4. The van der Waals surface area contributed by atoms with Crippen molar-refractivity contribution in [1.82, 2.24) is 10.2 Å². The predicted octanol–water partition coefficient (Wildman–Crippen LogP) is 1.35. The van der Waals surface area contributed by atoms with E-state index < -0.39 is 0 Å². The lowest BCUT2D eigenvalue weighted by Crippen LogP contribution is -2.06. The number of rotatable bonds is 1. The Morgan fingerprint density at radius 3 is 2.79 bits per heavy atom. The number of aromatic nitrogens is 2. The Hall–Kier alpha value is -0.830. The van der Waals surface area contributed by atoms with Crippen LogP contribution in [0.2, 0.25) is 0 Å². The molecule has 3 nitrogen and oxygen atoms in total. The van der Waals surface area contributed by atoms with Crippen LogP contribution in [0.4, 0.5) is 0 Å². The van der Waals surface area contributed by atoms with Crippen LogP contribution < -0.4 is 5.73 Å². The minimum atomic E-state index is 0.256. The number of nitrogens with zero attached hydrogens (tertiary/aromatic N) is 1. The second kappa shape index (κ2) is 2.40. The molecule has 2 aliphatic carbocycles. The molecular formula is C11H17N3. The molecule has 1 saturated carbocycles. The highest BCUT2D eigenvalue weighted by Gasteiger charge is 2.58. The molecule has 0 amide bonds. The van der Waals surface area contributed by atoms with Crippen molar-refractivity contribution in [2.24, 2.45) is 11.1 Å². The molecule has 1 aromatic heterocycles. The molecule has 2 atom stereocenters. The summed E-state index contributed by atoms with van der Waals surface area (Å²) >= 11 is 0. The molecule has 14 heavy (non-hydrogen) atoms. The number of H-pyrrole nitrogens is 1. The van der Waals surface area contributed by atoms with Gasteiger partial charge < -0.3 is 5.73 Å². The number of nitrogens with one attached hydrogen (secondary N) is 1. The first-order chi connectivity index (χ1) is 6.62. The third kappa shape index (κ3) is 0.883. The molecule has 0 aromatic carbocycles. The lowest BCUT2D eigenvalue weighted by atomic mass is 10.0. The quantitative estimate of drug-likeness (QED) is 0.704. The minimum absolute atomic E-state index is 0.256. The summed E-state index contributed by atoms with van der Waals surface area (Å²) < 4.78 is 0. The number of hydrogen-bond donors (Lipinski definition) is 2. The van der Waals surface area contributed by atoms with Gasteiger partial charge in [0, 0.05) is 17.7 Å². The number of nitrogens with two attached hydrogens (primary N) is 1. The van der Waals surface area contributed by atoms with Crippen molar-refractivity contribution in [3.05, 3.63) is 17.0 Å². The monoisotopic (exact) mass is 191 g/mol. The third-order valence-electron chi connectivity index (χ3n) is 4.04. The summed E-state index contributed by atoms with van der Waals surface area (Å²) in [5.74, 6) is 0.487. The van der Waals surface area contributed by atoms with E-state index in [1.54, 1.807) is 0 Å². The first-order valence-electron chi connectivity index (χ1n) is 5.44. The summed E-state index contributed by atoms with van der Waals surface area (Å²) in [7, 11) is 0. The number of aromatic amines is 1. The van der Waals surface area contributed by atoms with E-state index in [4.69, 9.17) is 5.73 Å². The fourth-order valence-electron chi connectivity index (χ4n) is 2.80. The van der Waals surface area contributed by atoms with Gasteiger partial charge in [-0.1, -0.05) is 13.8 Å². The van der Waals surface area contributed by atoms with Crippen molar-refractivity contribution in [2.75, 3.05) is 0 Å². The molecule has 1 heterocycles. The van der Waals surface area contributed by atoms with Gasteiger partial charge >= 0.3 is 0 Å². The van der Waals surface area contributed by atoms with E-state index in [0.717, 1.165) is 0 Å². The highest BCUT2D eigenvalue weighted by atomic mass is 15.1. The summed E-state index contributed by atoms with van der Waals surface area (Å²) in [4.78, 5) is 0. The van der Waals surface area contributed by atoms with Crippen molar-refractivity contribution >= 4 is 0 Å². The minimum Gasteiger partial charge on any atom is -0.327 e. The summed E-state index contributed by atoms with van der Waals surface area (Å²) in [5, 5.41) is 7.60. The van der Waals surface area contributed by atoms with Crippen LogP contribution in [0.3, 0.4) is 0 Å². The van der Waals surface area contributed by atoms with Crippen LogP contribution in [0.25, 0.3) is 0 Å². The molecule has 3 rings (SSSR count). The topological polar surface area (TPSA) is 54.7 Å². The maximum absolute atomic E-state index is 6.08.